The van der Waals surface area contributed by atoms with Crippen molar-refractivity contribution >= 4 is 45.5 Å². The molecule has 2 fully saturated rings. The number of imidazole rings is 1. The Balaban J connectivity index is 1.05. The number of aromatic nitrogens is 2. The van der Waals surface area contributed by atoms with E-state index in [1.54, 1.807) is 0 Å². The molecule has 2 atom stereocenters. The number of carbonyl (C=O) groups excluding carboxylic acids is 3. The smallest absolute Gasteiger partial charge is 0.286 e. The monoisotopic (exact) mass is 570 g/mol. The van der Waals surface area contributed by atoms with E-state index in [1.807, 2.05) is 73.7 Å². The van der Waals surface area contributed by atoms with Crippen LogP contribution in [0, 0.1) is 5.92 Å². The van der Waals surface area contributed by atoms with Crippen LogP contribution in [0.15, 0.2) is 66.7 Å². The van der Waals surface area contributed by atoms with Crippen molar-refractivity contribution in [3.05, 3.63) is 78.1 Å². The van der Waals surface area contributed by atoms with Gasteiger partial charge >= 0.3 is 0 Å². The summed E-state index contributed by atoms with van der Waals surface area (Å²) in [5.41, 5.74) is 3.34. The summed E-state index contributed by atoms with van der Waals surface area (Å²) in [5.74, 6) is 2.66. The first-order chi connectivity index (χ1) is 19.9. The van der Waals surface area contributed by atoms with Gasteiger partial charge in [-0.2, -0.15) is 0 Å². The fraction of sp³-hybridized carbons (Fsp3) is 0.290. The molecule has 0 spiro atoms. The van der Waals surface area contributed by atoms with Gasteiger partial charge in [-0.05, 0) is 80.3 Å². The Hall–Kier alpha value is -4.31. The number of H-pyrrole nitrogens is 1. The number of hydrogen-bond acceptors (Lipinski definition) is 7. The van der Waals surface area contributed by atoms with Crippen LogP contribution in [0.2, 0.25) is 0 Å². The van der Waals surface area contributed by atoms with Crippen molar-refractivity contribution in [3.63, 3.8) is 0 Å². The minimum Gasteiger partial charge on any atom is -0.483 e. The zero-order valence-corrected chi connectivity index (χ0v) is 23.3. The number of fused-ring (bicyclic) bond motifs is 1. The van der Waals surface area contributed by atoms with Gasteiger partial charge in [-0.1, -0.05) is 36.7 Å². The summed E-state index contributed by atoms with van der Waals surface area (Å²) >= 11 is 1.02. The van der Waals surface area contributed by atoms with Gasteiger partial charge in [-0.25, -0.2) is 4.98 Å². The molecule has 1 saturated heterocycles. The fourth-order valence-corrected chi connectivity index (χ4v) is 6.00. The summed E-state index contributed by atoms with van der Waals surface area (Å²) < 4.78 is 12.1. The Bertz CT molecular complexity index is 1580. The predicted octanol–water partition coefficient (Wildman–Crippen LogP) is 6.52. The number of amides is 3. The molecule has 6 rings (SSSR count). The molecular weight excluding hydrogens is 540 g/mol. The first-order valence-electron chi connectivity index (χ1n) is 13.7. The number of nitrogens with one attached hydrogen (secondary N) is 3. The molecule has 3 amide bonds. The van der Waals surface area contributed by atoms with Crippen molar-refractivity contribution in [1.82, 2.24) is 15.3 Å². The number of nitrogens with zero attached hydrogens (tertiary/aromatic N) is 1. The van der Waals surface area contributed by atoms with Crippen LogP contribution in [0.25, 0.3) is 11.0 Å². The molecule has 1 aliphatic carbocycles. The van der Waals surface area contributed by atoms with Crippen LogP contribution in [-0.4, -0.2) is 32.3 Å². The Morgan fingerprint density at radius 1 is 1.00 bits per heavy atom. The number of hydrogen-bond donors (Lipinski definition) is 3. The molecule has 2 unspecified atom stereocenters. The minimum atomic E-state index is -0.397. The first kappa shape index (κ1) is 26.9. The lowest BCUT2D eigenvalue weighted by atomic mass is 10.1. The molecule has 41 heavy (non-hydrogen) atoms. The normalized spacial score (nSPS) is 17.9. The summed E-state index contributed by atoms with van der Waals surface area (Å²) in [6.07, 6.45) is 4.33. The number of aromatic amines is 1. The zero-order chi connectivity index (χ0) is 28.3. The van der Waals surface area contributed by atoms with Gasteiger partial charge < -0.3 is 19.8 Å². The molecular formula is C31H30N4O5S. The highest BCUT2D eigenvalue weighted by Gasteiger charge is 2.31. The van der Waals surface area contributed by atoms with Gasteiger partial charge in [0.25, 0.3) is 5.24 Å². The SMILES string of the molecule is CC(Oc1ccc(CC2SC(=O)NC2=O)cc1)c1nc2ccc(Oc3ccc(NC(=O)C4CCCC4)cc3)cc2[nH]1. The molecule has 3 aromatic carbocycles. The first-order valence-corrected chi connectivity index (χ1v) is 14.6. The lowest BCUT2D eigenvalue weighted by Gasteiger charge is -2.13. The van der Waals surface area contributed by atoms with Crippen LogP contribution < -0.4 is 20.1 Å². The topological polar surface area (TPSA) is 122 Å². The van der Waals surface area contributed by atoms with Crippen LogP contribution >= 0.6 is 11.8 Å². The Morgan fingerprint density at radius 3 is 2.41 bits per heavy atom. The van der Waals surface area contributed by atoms with Crippen molar-refractivity contribution in [2.45, 2.75) is 50.4 Å². The highest BCUT2D eigenvalue weighted by Crippen LogP contribution is 2.30. The minimum absolute atomic E-state index is 0.0968. The van der Waals surface area contributed by atoms with E-state index in [0.717, 1.165) is 59.7 Å². The summed E-state index contributed by atoms with van der Waals surface area (Å²) in [7, 11) is 0. The molecule has 2 heterocycles. The van der Waals surface area contributed by atoms with Crippen molar-refractivity contribution < 1.29 is 23.9 Å². The molecule has 4 aromatic rings. The number of imide groups is 1. The molecule has 1 aromatic heterocycles. The van der Waals surface area contributed by atoms with Crippen molar-refractivity contribution in [1.29, 1.82) is 0 Å². The summed E-state index contributed by atoms with van der Waals surface area (Å²) in [6.45, 7) is 1.92. The van der Waals surface area contributed by atoms with Crippen molar-refractivity contribution in [2.75, 3.05) is 5.32 Å². The molecule has 0 bridgehead atoms. The number of rotatable bonds is 9. The van der Waals surface area contributed by atoms with Crippen LogP contribution in [0.3, 0.4) is 0 Å². The van der Waals surface area contributed by atoms with E-state index in [9.17, 15) is 14.4 Å². The van der Waals surface area contributed by atoms with E-state index in [0.29, 0.717) is 29.5 Å². The molecule has 9 nitrogen and oxygen atoms in total. The molecule has 1 saturated carbocycles. The summed E-state index contributed by atoms with van der Waals surface area (Å²) in [4.78, 5) is 43.6. The highest BCUT2D eigenvalue weighted by molar-refractivity contribution is 8.15. The fourth-order valence-electron chi connectivity index (χ4n) is 5.14. The third kappa shape index (κ3) is 6.38. The van der Waals surface area contributed by atoms with E-state index >= 15 is 0 Å². The molecule has 210 valence electrons. The van der Waals surface area contributed by atoms with Crippen LogP contribution in [0.5, 0.6) is 17.2 Å². The molecule has 10 heteroatoms. The van der Waals surface area contributed by atoms with Gasteiger partial charge in [0.15, 0.2) is 6.10 Å². The Kier molecular flexibility index (Phi) is 7.65. The number of ether oxygens (including phenoxy) is 2. The maximum Gasteiger partial charge on any atom is 0.286 e. The third-order valence-corrected chi connectivity index (χ3v) is 8.35. The maximum absolute atomic E-state index is 12.4. The van der Waals surface area contributed by atoms with Gasteiger partial charge in [0.05, 0.1) is 16.3 Å². The van der Waals surface area contributed by atoms with E-state index < -0.39 is 5.25 Å². The number of anilines is 1. The van der Waals surface area contributed by atoms with E-state index in [2.05, 4.69) is 20.6 Å². The predicted molar refractivity (Wildman–Crippen MR) is 157 cm³/mol. The van der Waals surface area contributed by atoms with Gasteiger partial charge in [0.1, 0.15) is 23.1 Å². The molecule has 3 N–H and O–H groups in total. The largest absolute Gasteiger partial charge is 0.483 e. The third-order valence-electron chi connectivity index (χ3n) is 7.36. The van der Waals surface area contributed by atoms with E-state index in [4.69, 9.17) is 9.47 Å². The molecule has 2 aliphatic rings. The van der Waals surface area contributed by atoms with Crippen molar-refractivity contribution in [2.24, 2.45) is 5.92 Å². The lowest BCUT2D eigenvalue weighted by molar-refractivity contribution is -0.120. The van der Waals surface area contributed by atoms with Crippen LogP contribution in [-0.2, 0) is 16.0 Å². The second-order valence-electron chi connectivity index (χ2n) is 10.4. The van der Waals surface area contributed by atoms with E-state index in [1.165, 1.54) is 0 Å². The maximum atomic E-state index is 12.4. The number of carbonyl (C=O) groups is 3. The van der Waals surface area contributed by atoms with Gasteiger partial charge in [-0.15, -0.1) is 0 Å². The van der Waals surface area contributed by atoms with Gasteiger partial charge in [0, 0.05) is 17.7 Å². The highest BCUT2D eigenvalue weighted by atomic mass is 32.2. The standard InChI is InChI=1S/C31H30N4O5S/c1-18(39-22-10-6-19(7-11-22)16-27-30(37)35-31(38)41-27)28-33-25-15-14-24(17-26(25)34-28)40-23-12-8-21(9-13-23)32-29(36)20-4-2-3-5-20/h6-15,17-18,20,27H,2-5,16H2,1H3,(H,32,36)(H,33,34)(H,35,37,38). The Morgan fingerprint density at radius 2 is 1.71 bits per heavy atom. The van der Waals surface area contributed by atoms with E-state index in [-0.39, 0.29) is 29.1 Å². The van der Waals surface area contributed by atoms with Crippen LogP contribution in [0.4, 0.5) is 10.5 Å². The summed E-state index contributed by atoms with van der Waals surface area (Å²) in [5, 5.41) is 4.62. The quantitative estimate of drug-likeness (QED) is 0.209. The van der Waals surface area contributed by atoms with Crippen molar-refractivity contribution in [3.8, 4) is 17.2 Å². The zero-order valence-electron chi connectivity index (χ0n) is 22.5. The lowest BCUT2D eigenvalue weighted by Crippen LogP contribution is -2.25. The number of thioether (sulfide) groups is 1. The number of benzene rings is 3. The molecule has 0 radical (unpaired) electrons. The van der Waals surface area contributed by atoms with Gasteiger partial charge in [-0.3, -0.25) is 19.7 Å². The Labute approximate surface area is 241 Å². The second-order valence-corrected chi connectivity index (χ2v) is 11.6. The average Bonchev–Trinajstić information content (AvgIpc) is 3.71. The average molecular weight is 571 g/mol. The van der Waals surface area contributed by atoms with Gasteiger partial charge in [0.2, 0.25) is 11.8 Å². The molecule has 1 aliphatic heterocycles. The summed E-state index contributed by atoms with van der Waals surface area (Å²) in [6, 6.07) is 20.5. The second kappa shape index (κ2) is 11.7. The van der Waals surface area contributed by atoms with Crippen LogP contribution in [0.1, 0.15) is 50.1 Å².